The van der Waals surface area contributed by atoms with Crippen LogP contribution in [0.25, 0.3) is 0 Å². The molecular formula is C23H30O3Si. The molecule has 4 heteroatoms. The van der Waals surface area contributed by atoms with Crippen LogP contribution in [0.5, 0.6) is 0 Å². The van der Waals surface area contributed by atoms with E-state index in [1.54, 1.807) is 7.11 Å². The first kappa shape index (κ1) is 20.0. The molecule has 1 aliphatic heterocycles. The Labute approximate surface area is 164 Å². The van der Waals surface area contributed by atoms with Gasteiger partial charge in [-0.05, 0) is 27.9 Å². The third-order valence-electron chi connectivity index (χ3n) is 5.15. The van der Waals surface area contributed by atoms with Gasteiger partial charge in [0.05, 0.1) is 12.7 Å². The van der Waals surface area contributed by atoms with Crippen LogP contribution in [-0.4, -0.2) is 34.4 Å². The van der Waals surface area contributed by atoms with Crippen LogP contribution in [0.4, 0.5) is 0 Å². The summed E-state index contributed by atoms with van der Waals surface area (Å²) in [7, 11) is -0.843. The first-order valence-corrected chi connectivity index (χ1v) is 11.5. The molecule has 2 aromatic rings. The Morgan fingerprint density at radius 1 is 0.963 bits per heavy atom. The topological polar surface area (TPSA) is 27.7 Å². The van der Waals surface area contributed by atoms with Crippen LogP contribution in [0.15, 0.2) is 72.8 Å². The molecule has 0 saturated heterocycles. The van der Waals surface area contributed by atoms with Gasteiger partial charge in [-0.2, -0.15) is 0 Å². The molecule has 0 spiro atoms. The third-order valence-corrected chi connectivity index (χ3v) is 10.2. The van der Waals surface area contributed by atoms with Gasteiger partial charge in [0.25, 0.3) is 8.32 Å². The van der Waals surface area contributed by atoms with Crippen molar-refractivity contribution in [2.45, 2.75) is 44.6 Å². The molecule has 0 unspecified atom stereocenters. The number of hydrogen-bond acceptors (Lipinski definition) is 3. The maximum Gasteiger partial charge on any atom is 0.261 e. The minimum absolute atomic E-state index is 0.00148. The van der Waals surface area contributed by atoms with Gasteiger partial charge >= 0.3 is 0 Å². The summed E-state index contributed by atoms with van der Waals surface area (Å²) in [5, 5.41) is 2.55. The first-order valence-electron chi connectivity index (χ1n) is 9.57. The Morgan fingerprint density at radius 2 is 1.52 bits per heavy atom. The maximum atomic E-state index is 6.92. The van der Waals surface area contributed by atoms with E-state index >= 15 is 0 Å². The Hall–Kier alpha value is -1.72. The molecule has 2 aromatic carbocycles. The molecule has 0 radical (unpaired) electrons. The standard InChI is InChI=1S/C23H30O3Si/c1-23(2,3)27(20-13-7-5-8-14-20,21-15-9-6-10-16-21)25-18-19-12-11-17-22(24-4)26-19/h5-11,13-17,19,22H,12,18H2,1-4H3/t19-,22-/m0/s1. The van der Waals surface area contributed by atoms with Crippen molar-refractivity contribution in [2.75, 3.05) is 13.7 Å². The van der Waals surface area contributed by atoms with Gasteiger partial charge in [-0.1, -0.05) is 87.5 Å². The normalized spacial score (nSPS) is 20.6. The van der Waals surface area contributed by atoms with Crippen LogP contribution in [0.1, 0.15) is 27.2 Å². The summed E-state index contributed by atoms with van der Waals surface area (Å²) in [6.45, 7) is 7.42. The SMILES string of the molecule is CO[C@@H]1C=CC[C@@H](CO[Si](c2ccccc2)(c2ccccc2)C(C)(C)C)O1. The Kier molecular flexibility index (Phi) is 6.32. The van der Waals surface area contributed by atoms with Gasteiger partial charge in [0.15, 0.2) is 6.29 Å². The Balaban J connectivity index is 1.98. The number of rotatable bonds is 6. The second-order valence-electron chi connectivity index (χ2n) is 8.00. The van der Waals surface area contributed by atoms with E-state index in [0.717, 1.165) is 6.42 Å². The average Bonchev–Trinajstić information content (AvgIpc) is 2.69. The van der Waals surface area contributed by atoms with Gasteiger partial charge in [-0.3, -0.25) is 0 Å². The van der Waals surface area contributed by atoms with E-state index in [-0.39, 0.29) is 17.4 Å². The summed E-state index contributed by atoms with van der Waals surface area (Å²) in [6.07, 6.45) is 4.64. The molecule has 0 fully saturated rings. The molecule has 3 rings (SSSR count). The molecule has 0 bridgehead atoms. The third kappa shape index (κ3) is 4.24. The van der Waals surface area contributed by atoms with Gasteiger partial charge in [0.1, 0.15) is 0 Å². The molecule has 0 N–H and O–H groups in total. The smallest absolute Gasteiger partial charge is 0.261 e. The number of benzene rings is 2. The molecule has 0 aromatic heterocycles. The molecule has 0 saturated carbocycles. The van der Waals surface area contributed by atoms with E-state index in [4.69, 9.17) is 13.9 Å². The molecule has 1 heterocycles. The molecule has 144 valence electrons. The zero-order valence-corrected chi connectivity index (χ0v) is 17.7. The molecule has 3 nitrogen and oxygen atoms in total. The van der Waals surface area contributed by atoms with Crippen LogP contribution in [0.2, 0.25) is 5.04 Å². The molecule has 1 aliphatic rings. The lowest BCUT2D eigenvalue weighted by atomic mass is 10.2. The number of ether oxygens (including phenoxy) is 2. The van der Waals surface area contributed by atoms with Crippen molar-refractivity contribution in [3.05, 3.63) is 72.8 Å². The highest BCUT2D eigenvalue weighted by atomic mass is 28.4. The van der Waals surface area contributed by atoms with E-state index in [0.29, 0.717) is 6.61 Å². The van der Waals surface area contributed by atoms with E-state index in [9.17, 15) is 0 Å². The van der Waals surface area contributed by atoms with Gasteiger partial charge < -0.3 is 13.9 Å². The van der Waals surface area contributed by atoms with Gasteiger partial charge in [0, 0.05) is 7.11 Å². The van der Waals surface area contributed by atoms with E-state index in [2.05, 4.69) is 87.5 Å². The monoisotopic (exact) mass is 382 g/mol. The van der Waals surface area contributed by atoms with E-state index in [1.165, 1.54) is 10.4 Å². The zero-order valence-electron chi connectivity index (χ0n) is 16.7. The first-order chi connectivity index (χ1) is 13.0. The molecule has 27 heavy (non-hydrogen) atoms. The highest BCUT2D eigenvalue weighted by Crippen LogP contribution is 2.37. The van der Waals surface area contributed by atoms with Crippen molar-refractivity contribution in [2.24, 2.45) is 0 Å². The number of hydrogen-bond donors (Lipinski definition) is 0. The fourth-order valence-electron chi connectivity index (χ4n) is 3.85. The van der Waals surface area contributed by atoms with Crippen LogP contribution in [-0.2, 0) is 13.9 Å². The minimum atomic E-state index is -2.51. The molecular weight excluding hydrogens is 352 g/mol. The molecule has 0 aliphatic carbocycles. The summed E-state index contributed by atoms with van der Waals surface area (Å²) < 4.78 is 18.3. The average molecular weight is 383 g/mol. The van der Waals surface area contributed by atoms with Crippen LogP contribution >= 0.6 is 0 Å². The highest BCUT2D eigenvalue weighted by Gasteiger charge is 2.50. The van der Waals surface area contributed by atoms with E-state index in [1.807, 2.05) is 6.08 Å². The van der Waals surface area contributed by atoms with Crippen LogP contribution in [0.3, 0.4) is 0 Å². The predicted molar refractivity (Wildman–Crippen MR) is 113 cm³/mol. The minimum Gasteiger partial charge on any atom is -0.405 e. The lowest BCUT2D eigenvalue weighted by molar-refractivity contribution is -0.140. The summed E-state index contributed by atoms with van der Waals surface area (Å²) in [5.41, 5.74) is 0. The Bertz CT molecular complexity index is 698. The number of methoxy groups -OCH3 is 1. The fraction of sp³-hybridized carbons (Fsp3) is 0.391. The fourth-order valence-corrected chi connectivity index (χ4v) is 8.44. The molecule has 0 amide bonds. The van der Waals surface area contributed by atoms with Crippen molar-refractivity contribution < 1.29 is 13.9 Å². The van der Waals surface area contributed by atoms with Gasteiger partial charge in [0.2, 0.25) is 0 Å². The highest BCUT2D eigenvalue weighted by molar-refractivity contribution is 6.99. The van der Waals surface area contributed by atoms with Crippen molar-refractivity contribution in [3.63, 3.8) is 0 Å². The van der Waals surface area contributed by atoms with Crippen molar-refractivity contribution >= 4 is 18.7 Å². The summed E-state index contributed by atoms with van der Waals surface area (Å²) in [4.78, 5) is 0. The summed E-state index contributed by atoms with van der Waals surface area (Å²) >= 11 is 0. The largest absolute Gasteiger partial charge is 0.405 e. The van der Waals surface area contributed by atoms with E-state index < -0.39 is 8.32 Å². The molecule has 2 atom stereocenters. The van der Waals surface area contributed by atoms with Crippen molar-refractivity contribution in [1.29, 1.82) is 0 Å². The lowest BCUT2D eigenvalue weighted by Gasteiger charge is -2.44. The Morgan fingerprint density at radius 3 is 2.00 bits per heavy atom. The van der Waals surface area contributed by atoms with Crippen molar-refractivity contribution in [1.82, 2.24) is 0 Å². The summed E-state index contributed by atoms with van der Waals surface area (Å²) in [5.74, 6) is 0. The predicted octanol–water partition coefficient (Wildman–Crippen LogP) is 3.88. The summed E-state index contributed by atoms with van der Waals surface area (Å²) in [6, 6.07) is 21.4. The van der Waals surface area contributed by atoms with Crippen molar-refractivity contribution in [3.8, 4) is 0 Å². The van der Waals surface area contributed by atoms with Crippen LogP contribution < -0.4 is 10.4 Å². The second kappa shape index (κ2) is 8.53. The van der Waals surface area contributed by atoms with Gasteiger partial charge in [-0.25, -0.2) is 0 Å². The lowest BCUT2D eigenvalue weighted by Crippen LogP contribution is -2.67. The zero-order chi connectivity index (χ0) is 19.3. The second-order valence-corrected chi connectivity index (χ2v) is 12.3. The van der Waals surface area contributed by atoms with Crippen LogP contribution in [0, 0.1) is 0 Å². The van der Waals surface area contributed by atoms with Gasteiger partial charge in [-0.15, -0.1) is 0 Å². The maximum absolute atomic E-state index is 6.92. The quantitative estimate of drug-likeness (QED) is 0.560.